The predicted octanol–water partition coefficient (Wildman–Crippen LogP) is 0.0171. The number of hydrogen-bond donors (Lipinski definition) is 3. The molecule has 2 amide bonds. The van der Waals surface area contributed by atoms with Gasteiger partial charge in [-0.2, -0.15) is 0 Å². The van der Waals surface area contributed by atoms with E-state index in [0.717, 1.165) is 19.3 Å². The van der Waals surface area contributed by atoms with E-state index in [1.807, 2.05) is 6.92 Å². The highest BCUT2D eigenvalue weighted by molar-refractivity contribution is 6.08. The number of amides is 2. The van der Waals surface area contributed by atoms with Crippen LogP contribution in [0.15, 0.2) is 5.16 Å². The molecule has 7 nitrogen and oxygen atoms in total. The number of nitrogens with zero attached hydrogens (tertiary/aromatic N) is 2. The van der Waals surface area contributed by atoms with Crippen LogP contribution in [-0.2, 0) is 9.59 Å². The molecule has 0 bridgehead atoms. The van der Waals surface area contributed by atoms with Crippen molar-refractivity contribution < 1.29 is 14.8 Å². The van der Waals surface area contributed by atoms with Gasteiger partial charge in [-0.15, -0.1) is 0 Å². The summed E-state index contributed by atoms with van der Waals surface area (Å²) in [5, 5.41) is 11.8. The molecule has 0 atom stereocenters. The molecule has 1 aliphatic carbocycles. The summed E-state index contributed by atoms with van der Waals surface area (Å²) in [5.74, 6) is -0.894. The standard InChI is InChI=1S/C12H22N4O3/c1-2-3-7-16(8-9(13)17)11(18)12(5-4-6-12)10(14)15-19/h19H,2-8H2,1H3,(H2,13,17)(H2,14,15). The van der Waals surface area contributed by atoms with E-state index in [1.165, 1.54) is 4.90 Å². The highest BCUT2D eigenvalue weighted by atomic mass is 16.4. The Bertz CT molecular complexity index is 377. The quantitative estimate of drug-likeness (QED) is 0.261. The van der Waals surface area contributed by atoms with Crippen LogP contribution in [0.5, 0.6) is 0 Å². The third-order valence-corrected chi connectivity index (χ3v) is 3.63. The molecule has 0 saturated heterocycles. The van der Waals surface area contributed by atoms with Gasteiger partial charge < -0.3 is 21.6 Å². The van der Waals surface area contributed by atoms with E-state index in [-0.39, 0.29) is 18.3 Å². The summed E-state index contributed by atoms with van der Waals surface area (Å²) < 4.78 is 0. The predicted molar refractivity (Wildman–Crippen MR) is 70.4 cm³/mol. The van der Waals surface area contributed by atoms with Crippen LogP contribution in [0.2, 0.25) is 0 Å². The van der Waals surface area contributed by atoms with Gasteiger partial charge in [0, 0.05) is 6.54 Å². The van der Waals surface area contributed by atoms with Crippen molar-refractivity contribution in [2.75, 3.05) is 13.1 Å². The summed E-state index contributed by atoms with van der Waals surface area (Å²) in [4.78, 5) is 25.0. The molecule has 7 heteroatoms. The molecule has 108 valence electrons. The third-order valence-electron chi connectivity index (χ3n) is 3.63. The first kappa shape index (κ1) is 15.3. The zero-order valence-electron chi connectivity index (χ0n) is 11.3. The van der Waals surface area contributed by atoms with Crippen LogP contribution in [0.3, 0.4) is 0 Å². The lowest BCUT2D eigenvalue weighted by molar-refractivity contribution is -0.144. The molecule has 1 aliphatic rings. The Morgan fingerprint density at radius 1 is 1.37 bits per heavy atom. The summed E-state index contributed by atoms with van der Waals surface area (Å²) in [6.07, 6.45) is 3.62. The SMILES string of the molecule is CCCCN(CC(N)=O)C(=O)C1(C(N)=NO)CCC1. The molecule has 1 saturated carbocycles. The Morgan fingerprint density at radius 3 is 2.37 bits per heavy atom. The van der Waals surface area contributed by atoms with Gasteiger partial charge in [-0.25, -0.2) is 0 Å². The molecule has 0 aromatic heterocycles. The molecule has 0 spiro atoms. The average Bonchev–Trinajstić information content (AvgIpc) is 2.32. The van der Waals surface area contributed by atoms with Crippen molar-refractivity contribution in [1.29, 1.82) is 0 Å². The molecule has 1 rings (SSSR count). The summed E-state index contributed by atoms with van der Waals surface area (Å²) in [6.45, 7) is 2.33. The Hall–Kier alpha value is -1.79. The van der Waals surface area contributed by atoms with Crippen LogP contribution in [0.1, 0.15) is 39.0 Å². The first-order valence-electron chi connectivity index (χ1n) is 6.53. The number of primary amides is 1. The fourth-order valence-electron chi connectivity index (χ4n) is 2.30. The third kappa shape index (κ3) is 3.15. The van der Waals surface area contributed by atoms with Gasteiger partial charge in [-0.1, -0.05) is 24.9 Å². The van der Waals surface area contributed by atoms with E-state index < -0.39 is 11.3 Å². The van der Waals surface area contributed by atoms with E-state index in [2.05, 4.69) is 5.16 Å². The highest BCUT2D eigenvalue weighted by Crippen LogP contribution is 2.42. The van der Waals surface area contributed by atoms with Crippen molar-refractivity contribution in [3.8, 4) is 0 Å². The van der Waals surface area contributed by atoms with Gasteiger partial charge >= 0.3 is 0 Å². The lowest BCUT2D eigenvalue weighted by atomic mass is 9.66. The van der Waals surface area contributed by atoms with Gasteiger partial charge in [-0.3, -0.25) is 9.59 Å². The minimum absolute atomic E-state index is 0.0743. The zero-order chi connectivity index (χ0) is 14.5. The smallest absolute Gasteiger partial charge is 0.237 e. The fourth-order valence-corrected chi connectivity index (χ4v) is 2.30. The Kier molecular flexibility index (Phi) is 5.14. The number of hydrogen-bond acceptors (Lipinski definition) is 4. The molecule has 0 aliphatic heterocycles. The zero-order valence-corrected chi connectivity index (χ0v) is 11.3. The summed E-state index contributed by atoms with van der Waals surface area (Å²) in [6, 6.07) is 0. The van der Waals surface area contributed by atoms with E-state index in [1.54, 1.807) is 0 Å². The van der Waals surface area contributed by atoms with Gasteiger partial charge in [0.1, 0.15) is 5.41 Å². The minimum atomic E-state index is -0.946. The molecule has 0 unspecified atom stereocenters. The first-order chi connectivity index (χ1) is 8.97. The second kappa shape index (κ2) is 6.40. The van der Waals surface area contributed by atoms with Crippen molar-refractivity contribution in [2.24, 2.45) is 22.0 Å². The Balaban J connectivity index is 2.87. The van der Waals surface area contributed by atoms with Gasteiger partial charge in [0.15, 0.2) is 5.84 Å². The van der Waals surface area contributed by atoms with Crippen LogP contribution in [-0.4, -0.2) is 40.8 Å². The number of unbranched alkanes of at least 4 members (excludes halogenated alkanes) is 1. The second-order valence-corrected chi connectivity index (χ2v) is 4.97. The monoisotopic (exact) mass is 270 g/mol. The van der Waals surface area contributed by atoms with Crippen LogP contribution < -0.4 is 11.5 Å². The fraction of sp³-hybridized carbons (Fsp3) is 0.750. The molecular weight excluding hydrogens is 248 g/mol. The molecule has 0 aromatic rings. The maximum absolute atomic E-state index is 12.5. The van der Waals surface area contributed by atoms with Gasteiger partial charge in [0.05, 0.1) is 6.54 Å². The summed E-state index contributed by atoms with van der Waals surface area (Å²) in [5.41, 5.74) is 9.87. The van der Waals surface area contributed by atoms with Crippen molar-refractivity contribution in [3.63, 3.8) is 0 Å². The number of rotatable bonds is 7. The van der Waals surface area contributed by atoms with E-state index >= 15 is 0 Å². The first-order valence-corrected chi connectivity index (χ1v) is 6.53. The second-order valence-electron chi connectivity index (χ2n) is 4.97. The topological polar surface area (TPSA) is 122 Å². The van der Waals surface area contributed by atoms with Crippen LogP contribution in [0.25, 0.3) is 0 Å². The van der Waals surface area contributed by atoms with Gasteiger partial charge in [0.25, 0.3) is 0 Å². The van der Waals surface area contributed by atoms with Crippen LogP contribution in [0.4, 0.5) is 0 Å². The van der Waals surface area contributed by atoms with E-state index in [4.69, 9.17) is 16.7 Å². The summed E-state index contributed by atoms with van der Waals surface area (Å²) >= 11 is 0. The van der Waals surface area contributed by atoms with Crippen molar-refractivity contribution >= 4 is 17.6 Å². The molecule has 0 heterocycles. The van der Waals surface area contributed by atoms with E-state index in [9.17, 15) is 9.59 Å². The maximum Gasteiger partial charge on any atom is 0.237 e. The molecule has 1 fully saturated rings. The maximum atomic E-state index is 12.5. The number of amidine groups is 1. The average molecular weight is 270 g/mol. The number of oxime groups is 1. The molecule has 0 aromatic carbocycles. The summed E-state index contributed by atoms with van der Waals surface area (Å²) in [7, 11) is 0. The van der Waals surface area contributed by atoms with Gasteiger partial charge in [-0.05, 0) is 19.3 Å². The van der Waals surface area contributed by atoms with Crippen LogP contribution in [0, 0.1) is 5.41 Å². The van der Waals surface area contributed by atoms with E-state index in [0.29, 0.717) is 19.4 Å². The number of carbonyl (C=O) groups excluding carboxylic acids is 2. The Morgan fingerprint density at radius 2 is 2.00 bits per heavy atom. The molecular formula is C12H22N4O3. The number of nitrogens with two attached hydrogens (primary N) is 2. The normalized spacial score (nSPS) is 17.6. The van der Waals surface area contributed by atoms with Crippen molar-refractivity contribution in [2.45, 2.75) is 39.0 Å². The largest absolute Gasteiger partial charge is 0.409 e. The van der Waals surface area contributed by atoms with Gasteiger partial charge in [0.2, 0.25) is 11.8 Å². The van der Waals surface area contributed by atoms with Crippen molar-refractivity contribution in [1.82, 2.24) is 4.90 Å². The van der Waals surface area contributed by atoms with Crippen LogP contribution >= 0.6 is 0 Å². The Labute approximate surface area is 112 Å². The van der Waals surface area contributed by atoms with Crippen molar-refractivity contribution in [3.05, 3.63) is 0 Å². The lowest BCUT2D eigenvalue weighted by Crippen LogP contribution is -2.56. The minimum Gasteiger partial charge on any atom is -0.409 e. The number of carbonyl (C=O) groups is 2. The highest BCUT2D eigenvalue weighted by Gasteiger charge is 2.50. The lowest BCUT2D eigenvalue weighted by Gasteiger charge is -2.42. The molecule has 0 radical (unpaired) electrons. The molecule has 5 N–H and O–H groups in total. The molecule has 19 heavy (non-hydrogen) atoms.